The summed E-state index contributed by atoms with van der Waals surface area (Å²) < 4.78 is 0. The molecule has 0 aliphatic carbocycles. The van der Waals surface area contributed by atoms with Crippen LogP contribution >= 0.6 is 0 Å². The fourth-order valence-corrected chi connectivity index (χ4v) is 4.13. The molecule has 0 aliphatic heterocycles. The first-order valence-electron chi connectivity index (χ1n) is 12.6. The molecule has 0 radical (unpaired) electrons. The minimum atomic E-state index is -1.19. The minimum absolute atomic E-state index is 0.256. The number of amides is 3. The summed E-state index contributed by atoms with van der Waals surface area (Å²) in [5.74, 6) is -1.50. The van der Waals surface area contributed by atoms with Crippen LogP contribution in [0.25, 0.3) is 22.9 Å². The van der Waals surface area contributed by atoms with Crippen LogP contribution < -0.4 is 27.8 Å². The van der Waals surface area contributed by atoms with Gasteiger partial charge in [0, 0.05) is 31.7 Å². The lowest BCUT2D eigenvalue weighted by Crippen LogP contribution is -2.48. The summed E-state index contributed by atoms with van der Waals surface area (Å²) in [6.45, 7) is 8.62. The summed E-state index contributed by atoms with van der Waals surface area (Å²) in [6, 6.07) is 12.6. The van der Waals surface area contributed by atoms with Crippen molar-refractivity contribution in [3.8, 4) is 0 Å². The Balaban J connectivity index is 1.86. The van der Waals surface area contributed by atoms with E-state index in [-0.39, 0.29) is 25.4 Å². The number of anilines is 1. The van der Waals surface area contributed by atoms with Gasteiger partial charge in [0.2, 0.25) is 11.8 Å². The lowest BCUT2D eigenvalue weighted by atomic mass is 10.0. The van der Waals surface area contributed by atoms with E-state index in [1.807, 2.05) is 36.4 Å². The van der Waals surface area contributed by atoms with Gasteiger partial charge in [0.15, 0.2) is 0 Å². The van der Waals surface area contributed by atoms with E-state index in [0.29, 0.717) is 35.6 Å². The first-order chi connectivity index (χ1) is 18.8. The Morgan fingerprint density at radius 1 is 0.949 bits per heavy atom. The van der Waals surface area contributed by atoms with Crippen LogP contribution in [0.1, 0.15) is 29.3 Å². The molecule has 0 bridgehead atoms. The van der Waals surface area contributed by atoms with Gasteiger partial charge in [-0.3, -0.25) is 19.4 Å². The van der Waals surface area contributed by atoms with Crippen LogP contribution in [0.2, 0.25) is 0 Å². The first kappa shape index (κ1) is 29.2. The Morgan fingerprint density at radius 2 is 1.64 bits per heavy atom. The Kier molecular flexibility index (Phi) is 10.4. The number of carbonyl (C=O) groups excluding carboxylic acids is 3. The third kappa shape index (κ3) is 7.57. The zero-order valence-electron chi connectivity index (χ0n) is 21.8. The first-order valence-corrected chi connectivity index (χ1v) is 12.6. The largest absolute Gasteiger partial charge is 0.340 e. The zero-order valence-corrected chi connectivity index (χ0v) is 21.8. The number of nitrogens with two attached hydrogens (primary N) is 3. The maximum atomic E-state index is 13.5. The van der Waals surface area contributed by atoms with Crippen molar-refractivity contribution < 1.29 is 14.4 Å². The molecule has 10 nitrogen and oxygen atoms in total. The smallest absolute Gasteiger partial charge is 0.251 e. The summed E-state index contributed by atoms with van der Waals surface area (Å²) in [5.41, 5.74) is 19.5. The number of hydrogen-bond acceptors (Lipinski definition) is 7. The van der Waals surface area contributed by atoms with E-state index in [0.717, 1.165) is 10.8 Å². The van der Waals surface area contributed by atoms with Crippen molar-refractivity contribution in [2.75, 3.05) is 31.5 Å². The van der Waals surface area contributed by atoms with Gasteiger partial charge in [0.05, 0.1) is 30.0 Å². The van der Waals surface area contributed by atoms with Crippen LogP contribution in [0.5, 0.6) is 0 Å². The van der Waals surface area contributed by atoms with Gasteiger partial charge >= 0.3 is 0 Å². The molecule has 3 rings (SSSR count). The molecule has 39 heavy (non-hydrogen) atoms. The molecule has 3 aromatic rings. The molecular weight excluding hydrogens is 494 g/mol. The van der Waals surface area contributed by atoms with E-state index >= 15 is 0 Å². The number of nitrogens with zero attached hydrogens (tertiary/aromatic N) is 2. The van der Waals surface area contributed by atoms with Crippen molar-refractivity contribution in [2.45, 2.75) is 18.5 Å². The molecule has 0 aliphatic rings. The number of aromatic nitrogens is 1. The van der Waals surface area contributed by atoms with Crippen molar-refractivity contribution in [1.82, 2.24) is 15.2 Å². The molecule has 2 atom stereocenters. The van der Waals surface area contributed by atoms with Crippen molar-refractivity contribution >= 4 is 46.3 Å². The fourth-order valence-electron chi connectivity index (χ4n) is 4.13. The second kappa shape index (κ2) is 14.0. The lowest BCUT2D eigenvalue weighted by molar-refractivity contribution is -0.134. The quantitative estimate of drug-likeness (QED) is 0.225. The van der Waals surface area contributed by atoms with E-state index in [1.54, 1.807) is 24.3 Å². The number of rotatable bonds is 13. The molecule has 1 aromatic heterocycles. The van der Waals surface area contributed by atoms with Crippen molar-refractivity contribution in [1.29, 1.82) is 0 Å². The van der Waals surface area contributed by atoms with Crippen molar-refractivity contribution in [3.05, 3.63) is 84.7 Å². The third-order valence-electron chi connectivity index (χ3n) is 6.17. The highest BCUT2D eigenvalue weighted by molar-refractivity contribution is 6.00. The molecule has 0 fully saturated rings. The minimum Gasteiger partial charge on any atom is -0.340 e. The summed E-state index contributed by atoms with van der Waals surface area (Å²) in [6.07, 6.45) is 4.44. The topological polar surface area (TPSA) is 169 Å². The predicted octanol–water partition coefficient (Wildman–Crippen LogP) is 1.78. The average Bonchev–Trinajstić information content (AvgIpc) is 2.95. The molecule has 0 spiro atoms. The van der Waals surface area contributed by atoms with Gasteiger partial charge in [-0.25, -0.2) is 0 Å². The molecule has 8 N–H and O–H groups in total. The third-order valence-corrected chi connectivity index (χ3v) is 6.17. The number of fused-ring (bicyclic) bond motifs is 1. The molecule has 0 saturated heterocycles. The molecule has 2 aromatic carbocycles. The highest BCUT2D eigenvalue weighted by Crippen LogP contribution is 2.23. The summed E-state index contributed by atoms with van der Waals surface area (Å²) in [4.78, 5) is 45.1. The number of carbonyl (C=O) groups is 3. The van der Waals surface area contributed by atoms with Gasteiger partial charge in [-0.1, -0.05) is 55.6 Å². The zero-order chi connectivity index (χ0) is 28.4. The van der Waals surface area contributed by atoms with Gasteiger partial charge in [-0.05, 0) is 34.5 Å². The SMILES string of the molecule is C=Cc1cc(NC(=O)C(NC(=O)C(N)CC(=O)N(CCN)CCN)c2ccc3ccccc3c2)cnc1C=C. The van der Waals surface area contributed by atoms with Gasteiger partial charge in [0.25, 0.3) is 5.91 Å². The number of benzene rings is 2. The van der Waals surface area contributed by atoms with Gasteiger partial charge in [-0.2, -0.15) is 0 Å². The summed E-state index contributed by atoms with van der Waals surface area (Å²) >= 11 is 0. The molecule has 3 amide bonds. The monoisotopic (exact) mass is 529 g/mol. The standard InChI is InChI=1S/C29H35N7O3/c1-3-19-16-23(18-33-25(19)4-2)34-29(39)27(22-10-9-20-7-5-6-8-21(20)15-22)35-28(38)24(32)17-26(37)36(13-11-30)14-12-31/h3-10,15-16,18,24,27H,1-2,11-14,17,30-32H2,(H,34,39)(H,35,38). The molecule has 204 valence electrons. The Hall–Kier alpha value is -4.38. The second-order valence-electron chi connectivity index (χ2n) is 8.91. The Labute approximate surface area is 227 Å². The molecule has 1 heterocycles. The second-order valence-corrected chi connectivity index (χ2v) is 8.91. The van der Waals surface area contributed by atoms with Gasteiger partial charge in [0.1, 0.15) is 6.04 Å². The molecule has 0 saturated carbocycles. The highest BCUT2D eigenvalue weighted by Gasteiger charge is 2.28. The number of hydrogen-bond donors (Lipinski definition) is 5. The fraction of sp³-hybridized carbons (Fsp3) is 0.241. The van der Waals surface area contributed by atoms with Gasteiger partial charge < -0.3 is 32.7 Å². The Morgan fingerprint density at radius 3 is 2.28 bits per heavy atom. The van der Waals surface area contributed by atoms with E-state index in [9.17, 15) is 14.4 Å². The molecular formula is C29H35N7O3. The molecule has 2 unspecified atom stereocenters. The van der Waals surface area contributed by atoms with Crippen LogP contribution in [0.15, 0.2) is 67.9 Å². The number of nitrogens with one attached hydrogen (secondary N) is 2. The maximum Gasteiger partial charge on any atom is 0.251 e. The van der Waals surface area contributed by atoms with E-state index < -0.39 is 23.9 Å². The lowest BCUT2D eigenvalue weighted by Gasteiger charge is -2.24. The van der Waals surface area contributed by atoms with Crippen LogP contribution in [-0.2, 0) is 14.4 Å². The number of pyridine rings is 1. The predicted molar refractivity (Wildman–Crippen MR) is 155 cm³/mol. The average molecular weight is 530 g/mol. The van der Waals surface area contributed by atoms with Crippen LogP contribution in [0.4, 0.5) is 5.69 Å². The van der Waals surface area contributed by atoms with Crippen molar-refractivity contribution in [2.24, 2.45) is 17.2 Å². The normalized spacial score (nSPS) is 12.3. The Bertz CT molecular complexity index is 1350. The molecule has 10 heteroatoms. The highest BCUT2D eigenvalue weighted by atomic mass is 16.2. The van der Waals surface area contributed by atoms with Gasteiger partial charge in [-0.15, -0.1) is 0 Å². The van der Waals surface area contributed by atoms with E-state index in [2.05, 4.69) is 28.8 Å². The summed E-state index contributed by atoms with van der Waals surface area (Å²) in [5, 5.41) is 7.41. The van der Waals surface area contributed by atoms with E-state index in [1.165, 1.54) is 11.1 Å². The van der Waals surface area contributed by atoms with Crippen molar-refractivity contribution in [3.63, 3.8) is 0 Å². The summed E-state index contributed by atoms with van der Waals surface area (Å²) in [7, 11) is 0. The maximum absolute atomic E-state index is 13.5. The van der Waals surface area contributed by atoms with Crippen LogP contribution in [-0.4, -0.2) is 59.8 Å². The van der Waals surface area contributed by atoms with Crippen LogP contribution in [0.3, 0.4) is 0 Å². The van der Waals surface area contributed by atoms with Crippen LogP contribution in [0, 0.1) is 0 Å². The van der Waals surface area contributed by atoms with E-state index in [4.69, 9.17) is 17.2 Å².